The summed E-state index contributed by atoms with van der Waals surface area (Å²) in [6.07, 6.45) is -4.67. The van der Waals surface area contributed by atoms with Crippen molar-refractivity contribution in [1.29, 1.82) is 0 Å². The Morgan fingerprint density at radius 3 is 0.800 bits per heavy atom. The Hall–Kier alpha value is 0.709. The summed E-state index contributed by atoms with van der Waals surface area (Å²) in [4.78, 5) is 16.7. The van der Waals surface area contributed by atoms with Gasteiger partial charge >= 0.3 is 68.7 Å². The monoisotopic (exact) mass is 186 g/mol. The molecular formula is C2AlKO6. The first-order chi connectivity index (χ1) is 3.46. The number of carbonyl (C=O) groups excluding carboxylic acids is 2. The second-order valence-electron chi connectivity index (χ2n) is 0.500. The first-order valence-electron chi connectivity index (χ1n) is 1.22. The van der Waals surface area contributed by atoms with Crippen LogP contribution in [-0.4, -0.2) is 29.7 Å². The molecular weight excluding hydrogens is 186 g/mol. The van der Waals surface area contributed by atoms with Crippen LogP contribution in [0.4, 0.5) is 9.59 Å². The molecule has 0 bridgehead atoms. The van der Waals surface area contributed by atoms with Gasteiger partial charge in [0.05, 0.1) is 0 Å². The van der Waals surface area contributed by atoms with E-state index in [4.69, 9.17) is 30.0 Å². The standard InChI is InChI=1S/2CH2O3.Al.K/c2*2-1(3)4;;/h2*(H2,2,3,4);;/q;;+3;+1/p-4. The van der Waals surface area contributed by atoms with E-state index in [0.29, 0.717) is 0 Å². The van der Waals surface area contributed by atoms with Gasteiger partial charge in [-0.3, -0.25) is 0 Å². The topological polar surface area (TPSA) is 126 Å². The largest absolute Gasteiger partial charge is 3.00 e. The van der Waals surface area contributed by atoms with Crippen molar-refractivity contribution < 1.29 is 81.4 Å². The first-order valence-corrected chi connectivity index (χ1v) is 1.22. The fourth-order valence-electron chi connectivity index (χ4n) is 0. The van der Waals surface area contributed by atoms with Gasteiger partial charge in [0.1, 0.15) is 0 Å². The van der Waals surface area contributed by atoms with Crippen LogP contribution in [0.25, 0.3) is 0 Å². The van der Waals surface area contributed by atoms with Crippen LogP contribution >= 0.6 is 0 Å². The van der Waals surface area contributed by atoms with Crippen LogP contribution in [0.5, 0.6) is 0 Å². The van der Waals surface area contributed by atoms with Gasteiger partial charge in [0.25, 0.3) is 0 Å². The molecule has 0 saturated carbocycles. The van der Waals surface area contributed by atoms with Crippen molar-refractivity contribution in [3.05, 3.63) is 0 Å². The molecule has 0 unspecified atom stereocenters. The summed E-state index contributed by atoms with van der Waals surface area (Å²) in [6.45, 7) is 0. The fourth-order valence-corrected chi connectivity index (χ4v) is 0. The molecule has 0 heterocycles. The van der Waals surface area contributed by atoms with Crippen molar-refractivity contribution in [3.63, 3.8) is 0 Å². The fraction of sp³-hybridized carbons (Fsp3) is 0. The van der Waals surface area contributed by atoms with Crippen molar-refractivity contribution in [3.8, 4) is 0 Å². The number of hydrogen-bond acceptors (Lipinski definition) is 6. The maximum Gasteiger partial charge on any atom is 3.00 e. The van der Waals surface area contributed by atoms with Crippen LogP contribution in [-0.2, 0) is 0 Å². The molecule has 0 aromatic heterocycles. The Balaban J connectivity index is -0.0000000300. The molecule has 0 atom stereocenters. The summed E-state index contributed by atoms with van der Waals surface area (Å²) in [5, 5.41) is 33.3. The van der Waals surface area contributed by atoms with E-state index in [1.807, 2.05) is 0 Å². The van der Waals surface area contributed by atoms with Gasteiger partial charge in [-0.25, -0.2) is 0 Å². The zero-order chi connectivity index (χ0) is 7.15. The molecule has 0 saturated heterocycles. The molecule has 0 aliphatic heterocycles. The van der Waals surface area contributed by atoms with Crippen molar-refractivity contribution in [2.75, 3.05) is 0 Å². The Morgan fingerprint density at radius 1 is 0.800 bits per heavy atom. The Kier molecular flexibility index (Phi) is 36.7. The molecule has 0 aromatic rings. The van der Waals surface area contributed by atoms with Crippen LogP contribution < -0.4 is 71.8 Å². The molecule has 0 aliphatic carbocycles. The number of hydrogen-bond donors (Lipinski definition) is 0. The van der Waals surface area contributed by atoms with Crippen molar-refractivity contribution in [1.82, 2.24) is 0 Å². The molecule has 0 rings (SSSR count). The SMILES string of the molecule is O=C([O-])[O-].O=C([O-])[O-].[Al+3].[K+]. The third-order valence-corrected chi connectivity index (χ3v) is 0. The zero-order valence-corrected chi connectivity index (χ0v) is 9.30. The van der Waals surface area contributed by atoms with E-state index in [2.05, 4.69) is 0 Å². The zero-order valence-electron chi connectivity index (χ0n) is 5.03. The minimum absolute atomic E-state index is 0. The van der Waals surface area contributed by atoms with E-state index in [1.54, 1.807) is 0 Å². The molecule has 0 spiro atoms. The Morgan fingerprint density at radius 2 is 0.800 bits per heavy atom. The average molecular weight is 186 g/mol. The number of carbonyl (C=O) groups is 2. The van der Waals surface area contributed by atoms with E-state index >= 15 is 0 Å². The molecule has 0 radical (unpaired) electrons. The van der Waals surface area contributed by atoms with Crippen LogP contribution in [0, 0.1) is 0 Å². The normalized spacial score (nSPS) is 4.80. The first kappa shape index (κ1) is 22.4. The second kappa shape index (κ2) is 16.4. The van der Waals surface area contributed by atoms with Gasteiger partial charge in [-0.15, -0.1) is 0 Å². The minimum atomic E-state index is -2.33. The van der Waals surface area contributed by atoms with Gasteiger partial charge in [0, 0.05) is 0 Å². The third kappa shape index (κ3) is 1030. The van der Waals surface area contributed by atoms with Crippen LogP contribution in [0.2, 0.25) is 0 Å². The Labute approximate surface area is 109 Å². The summed E-state index contributed by atoms with van der Waals surface area (Å²) in [7, 11) is 0. The molecule has 0 amide bonds. The van der Waals surface area contributed by atoms with Gasteiger partial charge in [-0.1, -0.05) is 0 Å². The van der Waals surface area contributed by atoms with E-state index < -0.39 is 12.3 Å². The van der Waals surface area contributed by atoms with E-state index in [-0.39, 0.29) is 68.7 Å². The maximum atomic E-state index is 8.33. The summed E-state index contributed by atoms with van der Waals surface area (Å²) >= 11 is 0. The van der Waals surface area contributed by atoms with Crippen LogP contribution in [0.1, 0.15) is 0 Å². The van der Waals surface area contributed by atoms with Gasteiger partial charge in [-0.05, 0) is 12.3 Å². The average Bonchev–Trinajstić information content (AvgIpc) is 1.25. The van der Waals surface area contributed by atoms with E-state index in [1.165, 1.54) is 0 Å². The van der Waals surface area contributed by atoms with Gasteiger partial charge in [-0.2, -0.15) is 0 Å². The predicted octanol–water partition coefficient (Wildman–Crippen LogP) is -8.27. The van der Waals surface area contributed by atoms with Gasteiger partial charge in [0.2, 0.25) is 0 Å². The van der Waals surface area contributed by atoms with Crippen LogP contribution in [0.3, 0.4) is 0 Å². The van der Waals surface area contributed by atoms with Gasteiger partial charge in [0.15, 0.2) is 0 Å². The second-order valence-corrected chi connectivity index (χ2v) is 0.500. The number of rotatable bonds is 0. The molecule has 0 fully saturated rings. The molecule has 10 heavy (non-hydrogen) atoms. The van der Waals surface area contributed by atoms with Crippen molar-refractivity contribution in [2.45, 2.75) is 0 Å². The minimum Gasteiger partial charge on any atom is -0.652 e. The Bertz CT molecular complexity index is 73.7. The summed E-state index contributed by atoms with van der Waals surface area (Å²) in [5.41, 5.74) is 0. The summed E-state index contributed by atoms with van der Waals surface area (Å²) in [5.74, 6) is 0. The quantitative estimate of drug-likeness (QED) is 0.345. The van der Waals surface area contributed by atoms with Crippen molar-refractivity contribution >= 4 is 29.7 Å². The van der Waals surface area contributed by atoms with Crippen molar-refractivity contribution in [2.24, 2.45) is 0 Å². The van der Waals surface area contributed by atoms with Crippen LogP contribution in [0.15, 0.2) is 0 Å². The predicted molar refractivity (Wildman–Crippen MR) is 16.5 cm³/mol. The molecule has 0 N–H and O–H groups in total. The van der Waals surface area contributed by atoms with Gasteiger partial charge < -0.3 is 30.0 Å². The molecule has 0 aromatic carbocycles. The molecule has 6 nitrogen and oxygen atoms in total. The summed E-state index contributed by atoms with van der Waals surface area (Å²) in [6, 6.07) is 0. The number of carboxylic acid groups (broad SMARTS) is 4. The summed E-state index contributed by atoms with van der Waals surface area (Å²) < 4.78 is 0. The van der Waals surface area contributed by atoms with E-state index in [9.17, 15) is 0 Å². The molecule has 8 heteroatoms. The smallest absolute Gasteiger partial charge is 0.652 e. The molecule has 0 aliphatic rings. The third-order valence-electron chi connectivity index (χ3n) is 0. The van der Waals surface area contributed by atoms with E-state index in [0.717, 1.165) is 0 Å². The maximum absolute atomic E-state index is 8.33. The molecule has 48 valence electrons.